The van der Waals surface area contributed by atoms with E-state index in [0.29, 0.717) is 25.9 Å². The van der Waals surface area contributed by atoms with Crippen molar-refractivity contribution in [1.29, 1.82) is 0 Å². The van der Waals surface area contributed by atoms with Crippen molar-refractivity contribution in [3.05, 3.63) is 17.2 Å². The largest absolute Gasteiger partial charge is 0.349 e. The molecule has 1 saturated heterocycles. The minimum Gasteiger partial charge on any atom is -0.349 e. The number of hydrogen-bond acceptors (Lipinski definition) is 5. The van der Waals surface area contributed by atoms with Gasteiger partial charge >= 0.3 is 0 Å². The van der Waals surface area contributed by atoms with Crippen LogP contribution in [0.2, 0.25) is 0 Å². The Hall–Kier alpha value is -1.90. The van der Waals surface area contributed by atoms with Crippen LogP contribution in [0.25, 0.3) is 0 Å². The normalized spacial score (nSPS) is 21.6. The molecule has 3 heterocycles. The fraction of sp³-hybridized carbons (Fsp3) is 0.688. The first-order chi connectivity index (χ1) is 11.9. The van der Waals surface area contributed by atoms with Crippen LogP contribution in [0.5, 0.6) is 0 Å². The molecular formula is C16H24N4O4S. The van der Waals surface area contributed by atoms with E-state index in [4.69, 9.17) is 0 Å². The number of nitrogens with zero attached hydrogens (tertiary/aromatic N) is 2. The lowest BCUT2D eigenvalue weighted by Gasteiger charge is -2.17. The molecule has 0 saturated carbocycles. The van der Waals surface area contributed by atoms with Gasteiger partial charge in [0.1, 0.15) is 5.69 Å². The predicted octanol–water partition coefficient (Wildman–Crippen LogP) is 0.276. The Balaban J connectivity index is 1.82. The first-order valence-corrected chi connectivity index (χ1v) is 10.6. The van der Waals surface area contributed by atoms with Crippen molar-refractivity contribution in [1.82, 2.24) is 20.2 Å². The van der Waals surface area contributed by atoms with Crippen molar-refractivity contribution < 1.29 is 18.0 Å². The summed E-state index contributed by atoms with van der Waals surface area (Å²) in [5.41, 5.74) is 1.02. The van der Waals surface area contributed by atoms with Gasteiger partial charge in [0.25, 0.3) is 11.8 Å². The molecule has 1 fully saturated rings. The summed E-state index contributed by atoms with van der Waals surface area (Å²) < 4.78 is 25.0. The topological polar surface area (TPSA) is 110 Å². The van der Waals surface area contributed by atoms with Gasteiger partial charge in [-0.05, 0) is 32.1 Å². The number of rotatable bonds is 5. The molecule has 1 aromatic rings. The summed E-state index contributed by atoms with van der Waals surface area (Å²) in [5, 5.41) is 5.57. The third-order valence-corrected chi connectivity index (χ3v) is 6.41. The van der Waals surface area contributed by atoms with Gasteiger partial charge in [-0.3, -0.25) is 9.59 Å². The Labute approximate surface area is 147 Å². The van der Waals surface area contributed by atoms with Gasteiger partial charge in [0.05, 0.1) is 17.2 Å². The second-order valence-corrected chi connectivity index (χ2v) is 8.90. The molecule has 1 unspecified atom stereocenters. The van der Waals surface area contributed by atoms with Crippen molar-refractivity contribution in [2.24, 2.45) is 0 Å². The Kier molecular flexibility index (Phi) is 5.12. The van der Waals surface area contributed by atoms with E-state index in [1.165, 1.54) is 0 Å². The zero-order valence-electron chi connectivity index (χ0n) is 14.4. The fourth-order valence-corrected chi connectivity index (χ4v) is 5.05. The molecule has 0 spiro atoms. The molecule has 2 amide bonds. The number of carbonyl (C=O) groups excluding carboxylic acids is 2. The van der Waals surface area contributed by atoms with Gasteiger partial charge in [-0.2, -0.15) is 0 Å². The van der Waals surface area contributed by atoms with Crippen LogP contribution >= 0.6 is 0 Å². The van der Waals surface area contributed by atoms with Gasteiger partial charge in [-0.15, -0.1) is 0 Å². The summed E-state index contributed by atoms with van der Waals surface area (Å²) in [6, 6.07) is -0.379. The van der Waals surface area contributed by atoms with E-state index in [-0.39, 0.29) is 40.9 Å². The molecule has 0 radical (unpaired) electrons. The van der Waals surface area contributed by atoms with Gasteiger partial charge in [-0.25, -0.2) is 13.4 Å². The molecule has 3 rings (SSSR count). The summed E-state index contributed by atoms with van der Waals surface area (Å²) >= 11 is 0. The molecule has 8 nitrogen and oxygen atoms in total. The highest BCUT2D eigenvalue weighted by atomic mass is 32.2. The number of carbonyl (C=O) groups is 2. The Morgan fingerprint density at radius 1 is 1.28 bits per heavy atom. The molecule has 2 aliphatic rings. The van der Waals surface area contributed by atoms with Crippen LogP contribution < -0.4 is 10.6 Å². The SMILES string of the molecule is CCCNC(=O)c1nc(C(=O)NC2CCS(=O)(=O)C2)c2n1CCCC2. The van der Waals surface area contributed by atoms with Crippen molar-refractivity contribution in [2.45, 2.75) is 51.6 Å². The van der Waals surface area contributed by atoms with Crippen LogP contribution in [0.3, 0.4) is 0 Å². The highest BCUT2D eigenvalue weighted by molar-refractivity contribution is 7.91. The second kappa shape index (κ2) is 7.15. The van der Waals surface area contributed by atoms with E-state index < -0.39 is 9.84 Å². The molecular weight excluding hydrogens is 344 g/mol. The summed E-state index contributed by atoms with van der Waals surface area (Å²) in [7, 11) is -3.06. The maximum atomic E-state index is 12.6. The first-order valence-electron chi connectivity index (χ1n) is 8.80. The molecule has 1 atom stereocenters. The number of nitrogens with one attached hydrogen (secondary N) is 2. The number of aromatic nitrogens is 2. The maximum Gasteiger partial charge on any atom is 0.287 e. The third kappa shape index (κ3) is 3.86. The summed E-state index contributed by atoms with van der Waals surface area (Å²) in [5.74, 6) is -0.315. The number of hydrogen-bond donors (Lipinski definition) is 2. The Bertz CT molecular complexity index is 784. The summed E-state index contributed by atoms with van der Waals surface area (Å²) in [6.07, 6.45) is 3.83. The van der Waals surface area contributed by atoms with Crippen molar-refractivity contribution in [3.63, 3.8) is 0 Å². The van der Waals surface area contributed by atoms with Crippen LogP contribution in [0.15, 0.2) is 0 Å². The molecule has 2 aliphatic heterocycles. The highest BCUT2D eigenvalue weighted by Crippen LogP contribution is 2.22. The number of amides is 2. The molecule has 0 aromatic carbocycles. The van der Waals surface area contributed by atoms with Crippen molar-refractivity contribution >= 4 is 21.7 Å². The molecule has 25 heavy (non-hydrogen) atoms. The van der Waals surface area contributed by atoms with Crippen molar-refractivity contribution in [2.75, 3.05) is 18.1 Å². The van der Waals surface area contributed by atoms with E-state index in [9.17, 15) is 18.0 Å². The smallest absolute Gasteiger partial charge is 0.287 e. The van der Waals surface area contributed by atoms with E-state index in [1.54, 1.807) is 0 Å². The van der Waals surface area contributed by atoms with E-state index in [0.717, 1.165) is 25.0 Å². The van der Waals surface area contributed by atoms with Gasteiger partial charge in [0.2, 0.25) is 0 Å². The third-order valence-electron chi connectivity index (χ3n) is 4.64. The molecule has 9 heteroatoms. The monoisotopic (exact) mass is 368 g/mol. The summed E-state index contributed by atoms with van der Waals surface area (Å²) in [6.45, 7) is 3.20. The van der Waals surface area contributed by atoms with Crippen LogP contribution in [-0.2, 0) is 22.8 Å². The quantitative estimate of drug-likeness (QED) is 0.775. The maximum absolute atomic E-state index is 12.6. The van der Waals surface area contributed by atoms with E-state index in [2.05, 4.69) is 15.6 Å². The Morgan fingerprint density at radius 3 is 2.76 bits per heavy atom. The summed E-state index contributed by atoms with van der Waals surface area (Å²) in [4.78, 5) is 29.3. The highest BCUT2D eigenvalue weighted by Gasteiger charge is 2.32. The van der Waals surface area contributed by atoms with Gasteiger partial charge in [-0.1, -0.05) is 6.92 Å². The zero-order chi connectivity index (χ0) is 18.0. The van der Waals surface area contributed by atoms with E-state index >= 15 is 0 Å². The van der Waals surface area contributed by atoms with Gasteiger partial charge in [0.15, 0.2) is 15.7 Å². The molecule has 0 bridgehead atoms. The van der Waals surface area contributed by atoms with Gasteiger partial charge in [0, 0.05) is 19.1 Å². The second-order valence-electron chi connectivity index (χ2n) is 6.67. The first kappa shape index (κ1) is 17.9. The minimum atomic E-state index is -3.06. The van der Waals surface area contributed by atoms with E-state index in [1.807, 2.05) is 11.5 Å². The molecule has 0 aliphatic carbocycles. The predicted molar refractivity (Wildman–Crippen MR) is 92.3 cm³/mol. The van der Waals surface area contributed by atoms with Crippen LogP contribution in [0.4, 0.5) is 0 Å². The van der Waals surface area contributed by atoms with Crippen molar-refractivity contribution in [3.8, 4) is 0 Å². The average Bonchev–Trinajstić information content (AvgIpc) is 3.13. The van der Waals surface area contributed by atoms with Crippen LogP contribution in [0, 0.1) is 0 Å². The number of sulfone groups is 1. The lowest BCUT2D eigenvalue weighted by Crippen LogP contribution is -2.36. The van der Waals surface area contributed by atoms with Gasteiger partial charge < -0.3 is 15.2 Å². The number of fused-ring (bicyclic) bond motifs is 1. The number of imidazole rings is 1. The average molecular weight is 368 g/mol. The molecule has 2 N–H and O–H groups in total. The molecule has 138 valence electrons. The molecule has 1 aromatic heterocycles. The Morgan fingerprint density at radius 2 is 2.08 bits per heavy atom. The lowest BCUT2D eigenvalue weighted by atomic mass is 10.1. The fourth-order valence-electron chi connectivity index (χ4n) is 3.38. The zero-order valence-corrected chi connectivity index (χ0v) is 15.2. The standard InChI is InChI=1S/C16H24N4O4S/c1-2-7-17-16(22)14-19-13(12-5-3-4-8-20(12)14)15(21)18-11-6-9-25(23,24)10-11/h11H,2-10H2,1H3,(H,17,22)(H,18,21). The lowest BCUT2D eigenvalue weighted by molar-refractivity contribution is 0.0934. The van der Waals surface area contributed by atoms with Crippen LogP contribution in [0.1, 0.15) is 59.4 Å². The van der Waals surface area contributed by atoms with Crippen LogP contribution in [-0.4, -0.2) is 53.9 Å². The minimum absolute atomic E-state index is 0.0291.